The molecule has 2 aliphatic heterocycles. The van der Waals surface area contributed by atoms with E-state index in [1.165, 1.54) is 45.2 Å². The molecule has 1 atom stereocenters. The van der Waals surface area contributed by atoms with Crippen molar-refractivity contribution in [3.63, 3.8) is 0 Å². The van der Waals surface area contributed by atoms with Crippen molar-refractivity contribution in [2.24, 2.45) is 0 Å². The lowest BCUT2D eigenvalue weighted by Crippen LogP contribution is -2.44. The molecule has 0 spiro atoms. The molecule has 2 heteroatoms. The molecule has 1 unspecified atom stereocenters. The van der Waals surface area contributed by atoms with Crippen molar-refractivity contribution in [1.82, 2.24) is 10.6 Å². The average Bonchev–Trinajstić information content (AvgIpc) is 2.21. The van der Waals surface area contributed by atoms with Gasteiger partial charge in [-0.2, -0.15) is 0 Å². The van der Waals surface area contributed by atoms with Crippen LogP contribution in [-0.4, -0.2) is 25.7 Å². The quantitative estimate of drug-likeness (QED) is 0.611. The summed E-state index contributed by atoms with van der Waals surface area (Å²) in [6.07, 6.45) is 6.85. The third-order valence-corrected chi connectivity index (χ3v) is 3.01. The predicted molar refractivity (Wildman–Crippen MR) is 51.0 cm³/mol. The van der Waals surface area contributed by atoms with E-state index in [1.54, 1.807) is 5.92 Å². The molecule has 1 radical (unpaired) electrons. The monoisotopic (exact) mass is 167 g/mol. The predicted octanol–water partition coefficient (Wildman–Crippen LogP) is 1.09. The van der Waals surface area contributed by atoms with Crippen LogP contribution in [0.5, 0.6) is 0 Å². The molecule has 0 aromatic rings. The van der Waals surface area contributed by atoms with E-state index in [-0.39, 0.29) is 0 Å². The molecule has 0 aromatic heterocycles. The summed E-state index contributed by atoms with van der Waals surface area (Å²) in [7, 11) is 0. The molecular formula is C10H19N2. The van der Waals surface area contributed by atoms with E-state index in [2.05, 4.69) is 10.6 Å². The molecule has 0 amide bonds. The molecule has 2 rings (SSSR count). The Balaban J connectivity index is 1.80. The summed E-state index contributed by atoms with van der Waals surface area (Å²) in [4.78, 5) is 0. The maximum atomic E-state index is 3.61. The van der Waals surface area contributed by atoms with Crippen molar-refractivity contribution < 1.29 is 0 Å². The van der Waals surface area contributed by atoms with Crippen LogP contribution >= 0.6 is 0 Å². The lowest BCUT2D eigenvalue weighted by molar-refractivity contribution is 0.367. The Labute approximate surface area is 75.1 Å². The third-order valence-electron chi connectivity index (χ3n) is 3.01. The van der Waals surface area contributed by atoms with Gasteiger partial charge in [-0.25, -0.2) is 0 Å². The van der Waals surface area contributed by atoms with Gasteiger partial charge in [0.05, 0.1) is 0 Å². The van der Waals surface area contributed by atoms with Crippen LogP contribution in [0.25, 0.3) is 0 Å². The highest BCUT2D eigenvalue weighted by Crippen LogP contribution is 2.22. The maximum Gasteiger partial charge on any atom is 0.0142 e. The zero-order chi connectivity index (χ0) is 8.23. The van der Waals surface area contributed by atoms with Crippen LogP contribution in [-0.2, 0) is 0 Å². The SMILES string of the molecule is C1CCC([C]2CCCNC2)NC1. The number of nitrogens with one attached hydrogen (secondary N) is 2. The van der Waals surface area contributed by atoms with Crippen LogP contribution in [0, 0.1) is 5.92 Å². The largest absolute Gasteiger partial charge is 0.316 e. The second-order valence-corrected chi connectivity index (χ2v) is 3.94. The number of hydrogen-bond donors (Lipinski definition) is 2. The van der Waals surface area contributed by atoms with E-state index in [0.29, 0.717) is 0 Å². The number of piperidine rings is 2. The van der Waals surface area contributed by atoms with Gasteiger partial charge < -0.3 is 10.6 Å². The summed E-state index contributed by atoms with van der Waals surface area (Å²) < 4.78 is 0. The zero-order valence-corrected chi connectivity index (χ0v) is 7.73. The molecule has 0 bridgehead atoms. The van der Waals surface area contributed by atoms with Gasteiger partial charge in [0.1, 0.15) is 0 Å². The molecule has 2 fully saturated rings. The second kappa shape index (κ2) is 4.24. The van der Waals surface area contributed by atoms with Gasteiger partial charge in [0.15, 0.2) is 0 Å². The fourth-order valence-electron chi connectivity index (χ4n) is 2.28. The molecule has 12 heavy (non-hydrogen) atoms. The molecule has 2 nitrogen and oxygen atoms in total. The summed E-state index contributed by atoms with van der Waals surface area (Å²) in [6, 6.07) is 0.742. The maximum absolute atomic E-state index is 3.61. The Kier molecular flexibility index (Phi) is 3.01. The van der Waals surface area contributed by atoms with E-state index in [1.807, 2.05) is 0 Å². The summed E-state index contributed by atoms with van der Waals surface area (Å²) in [6.45, 7) is 3.61. The van der Waals surface area contributed by atoms with Gasteiger partial charge in [-0.15, -0.1) is 0 Å². The van der Waals surface area contributed by atoms with Gasteiger partial charge in [-0.05, 0) is 38.8 Å². The van der Waals surface area contributed by atoms with Gasteiger partial charge in [0.2, 0.25) is 0 Å². The first kappa shape index (κ1) is 8.52. The van der Waals surface area contributed by atoms with Crippen LogP contribution in [0.2, 0.25) is 0 Å². The van der Waals surface area contributed by atoms with Gasteiger partial charge in [-0.3, -0.25) is 0 Å². The third kappa shape index (κ3) is 1.99. The van der Waals surface area contributed by atoms with Crippen LogP contribution in [0.1, 0.15) is 32.1 Å². The van der Waals surface area contributed by atoms with Crippen molar-refractivity contribution >= 4 is 0 Å². The number of hydrogen-bond acceptors (Lipinski definition) is 2. The van der Waals surface area contributed by atoms with Crippen molar-refractivity contribution in [2.75, 3.05) is 19.6 Å². The standard InChI is InChI=1S/C10H19N2/c1-2-7-12-10(5-1)9-4-3-6-11-8-9/h10-12H,1-8H2. The van der Waals surface area contributed by atoms with E-state index in [4.69, 9.17) is 0 Å². The van der Waals surface area contributed by atoms with Crippen LogP contribution in [0.3, 0.4) is 0 Å². The van der Waals surface area contributed by atoms with Crippen molar-refractivity contribution in [1.29, 1.82) is 0 Å². The van der Waals surface area contributed by atoms with Crippen LogP contribution < -0.4 is 10.6 Å². The molecule has 0 aromatic carbocycles. The van der Waals surface area contributed by atoms with E-state index in [0.717, 1.165) is 12.6 Å². The minimum absolute atomic E-state index is 0.742. The first-order chi connectivity index (χ1) is 5.97. The van der Waals surface area contributed by atoms with Crippen LogP contribution in [0.15, 0.2) is 0 Å². The summed E-state index contributed by atoms with van der Waals surface area (Å²) in [5, 5.41) is 7.07. The Morgan fingerprint density at radius 2 is 2.08 bits per heavy atom. The molecule has 0 aliphatic carbocycles. The summed E-state index contributed by atoms with van der Waals surface area (Å²) in [5.41, 5.74) is 0. The first-order valence-corrected chi connectivity index (χ1v) is 5.25. The smallest absolute Gasteiger partial charge is 0.0142 e. The second-order valence-electron chi connectivity index (χ2n) is 3.94. The molecule has 2 heterocycles. The Morgan fingerprint density at radius 3 is 2.75 bits per heavy atom. The minimum atomic E-state index is 0.742. The zero-order valence-electron chi connectivity index (χ0n) is 7.73. The van der Waals surface area contributed by atoms with E-state index < -0.39 is 0 Å². The van der Waals surface area contributed by atoms with Gasteiger partial charge in [-0.1, -0.05) is 6.42 Å². The highest BCUT2D eigenvalue weighted by molar-refractivity contribution is 5.05. The molecule has 2 aliphatic rings. The molecule has 2 N–H and O–H groups in total. The highest BCUT2D eigenvalue weighted by Gasteiger charge is 2.24. The normalized spacial score (nSPS) is 33.5. The van der Waals surface area contributed by atoms with Gasteiger partial charge >= 0.3 is 0 Å². The van der Waals surface area contributed by atoms with Gasteiger partial charge in [0, 0.05) is 18.5 Å². The summed E-state index contributed by atoms with van der Waals surface area (Å²) >= 11 is 0. The van der Waals surface area contributed by atoms with Crippen LogP contribution in [0.4, 0.5) is 0 Å². The lowest BCUT2D eigenvalue weighted by Gasteiger charge is -2.33. The topological polar surface area (TPSA) is 24.1 Å². The van der Waals surface area contributed by atoms with E-state index in [9.17, 15) is 0 Å². The molecule has 2 saturated heterocycles. The van der Waals surface area contributed by atoms with Crippen molar-refractivity contribution in [3.8, 4) is 0 Å². The highest BCUT2D eigenvalue weighted by atomic mass is 15.0. The fourth-order valence-corrected chi connectivity index (χ4v) is 2.28. The average molecular weight is 167 g/mol. The molecular weight excluding hydrogens is 148 g/mol. The fraction of sp³-hybridized carbons (Fsp3) is 0.900. The lowest BCUT2D eigenvalue weighted by atomic mass is 9.87. The minimum Gasteiger partial charge on any atom is -0.316 e. The Bertz CT molecular complexity index is 108. The van der Waals surface area contributed by atoms with Gasteiger partial charge in [0.25, 0.3) is 0 Å². The first-order valence-electron chi connectivity index (χ1n) is 5.25. The molecule has 0 saturated carbocycles. The van der Waals surface area contributed by atoms with E-state index >= 15 is 0 Å². The number of rotatable bonds is 1. The molecule has 69 valence electrons. The Morgan fingerprint density at radius 1 is 1.08 bits per heavy atom. The summed E-state index contributed by atoms with van der Waals surface area (Å²) in [5.74, 6) is 1.72. The Hall–Kier alpha value is -0.0800. The van der Waals surface area contributed by atoms with Crippen molar-refractivity contribution in [3.05, 3.63) is 5.92 Å². The van der Waals surface area contributed by atoms with Crippen molar-refractivity contribution in [2.45, 2.75) is 38.1 Å².